The van der Waals surface area contributed by atoms with Gasteiger partial charge in [-0.05, 0) is 39.0 Å². The molecule has 1 rings (SSSR count). The van der Waals surface area contributed by atoms with Gasteiger partial charge in [-0.2, -0.15) is 13.2 Å². The zero-order chi connectivity index (χ0) is 12.6. The van der Waals surface area contributed by atoms with E-state index in [1.54, 1.807) is 20.8 Å². The molecule has 0 aliphatic rings. The lowest BCUT2D eigenvalue weighted by Crippen LogP contribution is -2.25. The van der Waals surface area contributed by atoms with Gasteiger partial charge >= 0.3 is 6.18 Å². The predicted octanol–water partition coefficient (Wildman–Crippen LogP) is 3.82. The quantitative estimate of drug-likeness (QED) is 0.672. The summed E-state index contributed by atoms with van der Waals surface area (Å²) in [6.07, 6.45) is -4.65. The highest BCUT2D eigenvalue weighted by atomic mass is 19.4. The van der Waals surface area contributed by atoms with E-state index in [1.807, 2.05) is 0 Å². The highest BCUT2D eigenvalue weighted by Gasteiger charge is 2.36. The van der Waals surface area contributed by atoms with Crippen LogP contribution in [0.15, 0.2) is 12.1 Å². The van der Waals surface area contributed by atoms with E-state index in [0.29, 0.717) is 6.07 Å². The lowest BCUT2D eigenvalue weighted by molar-refractivity contribution is -0.140. The monoisotopic (exact) mass is 235 g/mol. The SMILES string of the molecule is CC(C)(C)Oc1c(F)c[c]cc1C(F)(F)F. The van der Waals surface area contributed by atoms with Crippen LogP contribution >= 0.6 is 0 Å². The number of alkyl halides is 3. The van der Waals surface area contributed by atoms with E-state index in [1.165, 1.54) is 0 Å². The summed E-state index contributed by atoms with van der Waals surface area (Å²) in [5, 5.41) is 0. The number of ether oxygens (including phenoxy) is 1. The van der Waals surface area contributed by atoms with E-state index in [9.17, 15) is 17.6 Å². The Kier molecular flexibility index (Phi) is 3.17. The summed E-state index contributed by atoms with van der Waals surface area (Å²) in [5.41, 5.74) is -2.05. The summed E-state index contributed by atoms with van der Waals surface area (Å²) in [6.45, 7) is 4.63. The van der Waals surface area contributed by atoms with Crippen molar-refractivity contribution in [2.75, 3.05) is 0 Å². The fourth-order valence-electron chi connectivity index (χ4n) is 1.08. The Bertz CT molecular complexity index is 377. The van der Waals surface area contributed by atoms with Gasteiger partial charge in [0.05, 0.1) is 0 Å². The third kappa shape index (κ3) is 3.12. The van der Waals surface area contributed by atoms with E-state index >= 15 is 0 Å². The van der Waals surface area contributed by atoms with Crippen molar-refractivity contribution in [1.29, 1.82) is 0 Å². The third-order valence-electron chi connectivity index (χ3n) is 1.61. The Balaban J connectivity index is 3.25. The van der Waals surface area contributed by atoms with E-state index < -0.39 is 28.9 Å². The van der Waals surface area contributed by atoms with Gasteiger partial charge in [0, 0.05) is 0 Å². The highest BCUT2D eigenvalue weighted by molar-refractivity contribution is 5.37. The van der Waals surface area contributed by atoms with Crippen molar-refractivity contribution < 1.29 is 22.3 Å². The minimum Gasteiger partial charge on any atom is -0.484 e. The van der Waals surface area contributed by atoms with Crippen LogP contribution in [0.2, 0.25) is 0 Å². The van der Waals surface area contributed by atoms with Crippen LogP contribution in [0.25, 0.3) is 0 Å². The fraction of sp³-hybridized carbons (Fsp3) is 0.455. The molecule has 5 heteroatoms. The molecule has 0 fully saturated rings. The van der Waals surface area contributed by atoms with Gasteiger partial charge in [0.25, 0.3) is 0 Å². The maximum Gasteiger partial charge on any atom is 0.420 e. The summed E-state index contributed by atoms with van der Waals surface area (Å²) in [7, 11) is 0. The van der Waals surface area contributed by atoms with Gasteiger partial charge in [0.2, 0.25) is 0 Å². The first-order valence-corrected chi connectivity index (χ1v) is 4.57. The molecule has 0 aliphatic heterocycles. The molecule has 0 aliphatic carbocycles. The second kappa shape index (κ2) is 3.96. The van der Waals surface area contributed by atoms with Crippen molar-refractivity contribution in [2.24, 2.45) is 0 Å². The summed E-state index contributed by atoms with van der Waals surface area (Å²) >= 11 is 0. The first-order chi connectivity index (χ1) is 7.11. The van der Waals surface area contributed by atoms with Crippen LogP contribution in [0.4, 0.5) is 17.6 Å². The molecule has 0 atom stereocenters. The summed E-state index contributed by atoms with van der Waals surface area (Å²) in [6, 6.07) is 3.57. The normalized spacial score (nSPS) is 12.7. The zero-order valence-corrected chi connectivity index (χ0v) is 9.07. The van der Waals surface area contributed by atoms with E-state index in [2.05, 4.69) is 6.07 Å². The van der Waals surface area contributed by atoms with Crippen LogP contribution in [0.5, 0.6) is 5.75 Å². The molecule has 0 spiro atoms. The molecular weight excluding hydrogens is 224 g/mol. The Hall–Kier alpha value is -1.26. The molecule has 0 aromatic heterocycles. The number of hydrogen-bond acceptors (Lipinski definition) is 1. The summed E-state index contributed by atoms with van der Waals surface area (Å²) in [4.78, 5) is 0. The van der Waals surface area contributed by atoms with Crippen molar-refractivity contribution in [2.45, 2.75) is 32.5 Å². The van der Waals surface area contributed by atoms with Crippen molar-refractivity contribution in [1.82, 2.24) is 0 Å². The first-order valence-electron chi connectivity index (χ1n) is 4.57. The summed E-state index contributed by atoms with van der Waals surface area (Å²) in [5.74, 6) is -1.84. The molecule has 1 nitrogen and oxygen atoms in total. The van der Waals surface area contributed by atoms with Crippen molar-refractivity contribution in [3.05, 3.63) is 29.6 Å². The van der Waals surface area contributed by atoms with E-state index in [4.69, 9.17) is 4.74 Å². The van der Waals surface area contributed by atoms with Crippen LogP contribution in [0.3, 0.4) is 0 Å². The fourth-order valence-corrected chi connectivity index (χ4v) is 1.08. The second-order valence-electron chi connectivity index (χ2n) is 4.26. The molecule has 1 radical (unpaired) electrons. The van der Waals surface area contributed by atoms with Crippen LogP contribution in [0.1, 0.15) is 26.3 Å². The largest absolute Gasteiger partial charge is 0.484 e. The van der Waals surface area contributed by atoms with E-state index in [0.717, 1.165) is 6.07 Å². The van der Waals surface area contributed by atoms with Gasteiger partial charge in [0.1, 0.15) is 11.2 Å². The zero-order valence-electron chi connectivity index (χ0n) is 9.07. The maximum absolute atomic E-state index is 13.3. The molecule has 1 aromatic rings. The average Bonchev–Trinajstić information content (AvgIpc) is 2.04. The number of rotatable bonds is 1. The van der Waals surface area contributed by atoms with Crippen LogP contribution in [0, 0.1) is 11.9 Å². The molecule has 0 amide bonds. The molecule has 0 bridgehead atoms. The second-order valence-corrected chi connectivity index (χ2v) is 4.26. The molecule has 0 unspecified atom stereocenters. The molecule has 1 aromatic carbocycles. The molecule has 0 saturated heterocycles. The minimum absolute atomic E-state index is 0.671. The Labute approximate surface area is 91.0 Å². The number of halogens is 4. The van der Waals surface area contributed by atoms with Gasteiger partial charge in [-0.25, -0.2) is 4.39 Å². The smallest absolute Gasteiger partial charge is 0.420 e. The van der Waals surface area contributed by atoms with Crippen LogP contribution in [-0.2, 0) is 6.18 Å². The van der Waals surface area contributed by atoms with Crippen LogP contribution in [-0.4, -0.2) is 5.60 Å². The predicted molar refractivity (Wildman–Crippen MR) is 50.6 cm³/mol. The minimum atomic E-state index is -4.65. The van der Waals surface area contributed by atoms with Gasteiger partial charge in [-0.1, -0.05) is 0 Å². The number of hydrogen-bond donors (Lipinski definition) is 0. The molecule has 89 valence electrons. The Morgan fingerprint density at radius 1 is 1.12 bits per heavy atom. The third-order valence-corrected chi connectivity index (χ3v) is 1.61. The number of benzene rings is 1. The van der Waals surface area contributed by atoms with Gasteiger partial charge in [0.15, 0.2) is 11.6 Å². The highest BCUT2D eigenvalue weighted by Crippen LogP contribution is 2.38. The topological polar surface area (TPSA) is 9.23 Å². The van der Waals surface area contributed by atoms with Gasteiger partial charge in [-0.15, -0.1) is 0 Å². The van der Waals surface area contributed by atoms with Crippen molar-refractivity contribution >= 4 is 0 Å². The van der Waals surface area contributed by atoms with E-state index in [-0.39, 0.29) is 0 Å². The molecule has 0 saturated carbocycles. The lowest BCUT2D eigenvalue weighted by atomic mass is 10.1. The van der Waals surface area contributed by atoms with Crippen LogP contribution < -0.4 is 4.74 Å². The molecule has 0 N–H and O–H groups in total. The lowest BCUT2D eigenvalue weighted by Gasteiger charge is -2.24. The maximum atomic E-state index is 13.3. The van der Waals surface area contributed by atoms with Gasteiger partial charge < -0.3 is 4.74 Å². The first kappa shape index (κ1) is 12.8. The average molecular weight is 235 g/mol. The Morgan fingerprint density at radius 2 is 1.69 bits per heavy atom. The summed E-state index contributed by atoms with van der Waals surface area (Å²) < 4.78 is 55.8. The Morgan fingerprint density at radius 3 is 2.12 bits per heavy atom. The van der Waals surface area contributed by atoms with Crippen molar-refractivity contribution in [3.8, 4) is 5.75 Å². The molecule has 0 heterocycles. The molecule has 16 heavy (non-hydrogen) atoms. The molecular formula is C11H11F4O. The van der Waals surface area contributed by atoms with Gasteiger partial charge in [-0.3, -0.25) is 0 Å². The van der Waals surface area contributed by atoms with Crippen molar-refractivity contribution in [3.63, 3.8) is 0 Å². The standard InChI is InChI=1S/C11H11F4O/c1-10(2,3)16-9-7(11(13,14)15)5-4-6-8(9)12/h5-6H,1-3H3.